The Kier molecular flexibility index (Phi) is 6.48. The second-order valence-corrected chi connectivity index (χ2v) is 6.64. The van der Waals surface area contributed by atoms with Crippen LogP contribution < -0.4 is 14.8 Å². The van der Waals surface area contributed by atoms with Crippen LogP contribution in [0.2, 0.25) is 0 Å². The maximum Gasteiger partial charge on any atom is 0.257 e. The van der Waals surface area contributed by atoms with E-state index in [0.29, 0.717) is 55.7 Å². The highest BCUT2D eigenvalue weighted by Gasteiger charge is 2.23. The van der Waals surface area contributed by atoms with E-state index in [2.05, 4.69) is 15.3 Å². The van der Waals surface area contributed by atoms with Crippen molar-refractivity contribution in [2.45, 2.75) is 13.5 Å². The van der Waals surface area contributed by atoms with Crippen LogP contribution in [-0.4, -0.2) is 72.0 Å². The second-order valence-electron chi connectivity index (χ2n) is 6.64. The summed E-state index contributed by atoms with van der Waals surface area (Å²) in [5.74, 6) is 1.65. The third-order valence-corrected chi connectivity index (χ3v) is 4.81. The Morgan fingerprint density at radius 3 is 2.21 bits per heavy atom. The van der Waals surface area contributed by atoms with Gasteiger partial charge >= 0.3 is 0 Å². The van der Waals surface area contributed by atoms with Crippen molar-refractivity contribution in [2.75, 3.05) is 45.7 Å². The lowest BCUT2D eigenvalue weighted by Crippen LogP contribution is -2.50. The van der Waals surface area contributed by atoms with E-state index in [1.807, 2.05) is 18.2 Å². The summed E-state index contributed by atoms with van der Waals surface area (Å²) in [5.41, 5.74) is 1.41. The quantitative estimate of drug-likeness (QED) is 0.784. The summed E-state index contributed by atoms with van der Waals surface area (Å²) in [6.07, 6.45) is 3.03. The van der Waals surface area contributed by atoms with Crippen LogP contribution in [0.25, 0.3) is 0 Å². The summed E-state index contributed by atoms with van der Waals surface area (Å²) in [5, 5.41) is 3.13. The highest BCUT2D eigenvalue weighted by Crippen LogP contribution is 2.27. The molecule has 2 amide bonds. The summed E-state index contributed by atoms with van der Waals surface area (Å²) in [7, 11) is 3.18. The number of methoxy groups -OCH3 is 2. The second kappa shape index (κ2) is 9.22. The van der Waals surface area contributed by atoms with Gasteiger partial charge in [-0.1, -0.05) is 6.07 Å². The molecule has 9 heteroatoms. The zero-order chi connectivity index (χ0) is 20.8. The standard InChI is InChI=1S/C20H25N5O4/c1-14(26)24-6-8-25(9-7-24)19(27)16-12-22-20(23-13-16)21-11-15-4-5-17(28-2)18(10-15)29-3/h4-5,10,12-13H,6-9,11H2,1-3H3,(H,21,22,23). The number of aromatic nitrogens is 2. The van der Waals surface area contributed by atoms with Gasteiger partial charge in [0.1, 0.15) is 0 Å². The molecule has 29 heavy (non-hydrogen) atoms. The average Bonchev–Trinajstić information content (AvgIpc) is 2.77. The molecule has 0 radical (unpaired) electrons. The smallest absolute Gasteiger partial charge is 0.257 e. The first kappa shape index (κ1) is 20.4. The molecule has 0 aliphatic carbocycles. The van der Waals surface area contributed by atoms with Gasteiger partial charge in [-0.25, -0.2) is 9.97 Å². The van der Waals surface area contributed by atoms with Crippen molar-refractivity contribution in [3.8, 4) is 11.5 Å². The third-order valence-electron chi connectivity index (χ3n) is 4.81. The Morgan fingerprint density at radius 1 is 1.00 bits per heavy atom. The van der Waals surface area contributed by atoms with Crippen molar-refractivity contribution in [2.24, 2.45) is 0 Å². The lowest BCUT2D eigenvalue weighted by atomic mass is 10.2. The molecule has 0 atom stereocenters. The van der Waals surface area contributed by atoms with Crippen LogP contribution in [0.4, 0.5) is 5.95 Å². The molecule has 1 saturated heterocycles. The minimum absolute atomic E-state index is 0.0327. The van der Waals surface area contributed by atoms with E-state index in [9.17, 15) is 9.59 Å². The Balaban J connectivity index is 1.56. The van der Waals surface area contributed by atoms with Crippen molar-refractivity contribution in [1.82, 2.24) is 19.8 Å². The Labute approximate surface area is 169 Å². The first-order chi connectivity index (χ1) is 14.0. The Morgan fingerprint density at radius 2 is 1.62 bits per heavy atom. The summed E-state index contributed by atoms with van der Waals surface area (Å²) in [6, 6.07) is 5.64. The number of nitrogens with zero attached hydrogens (tertiary/aromatic N) is 4. The molecular formula is C20H25N5O4. The summed E-state index contributed by atoms with van der Waals surface area (Å²) < 4.78 is 10.5. The molecule has 2 aromatic rings. The molecule has 0 unspecified atom stereocenters. The number of amides is 2. The van der Waals surface area contributed by atoms with Crippen molar-refractivity contribution in [3.05, 3.63) is 41.7 Å². The number of anilines is 1. The molecule has 0 saturated carbocycles. The van der Waals surface area contributed by atoms with Crippen molar-refractivity contribution >= 4 is 17.8 Å². The summed E-state index contributed by atoms with van der Waals surface area (Å²) in [4.78, 5) is 35.9. The highest BCUT2D eigenvalue weighted by molar-refractivity contribution is 5.93. The minimum Gasteiger partial charge on any atom is -0.493 e. The van der Waals surface area contributed by atoms with Crippen LogP contribution in [0.5, 0.6) is 11.5 Å². The SMILES string of the molecule is COc1ccc(CNc2ncc(C(=O)N3CCN(C(C)=O)CC3)cn2)cc1OC. The monoisotopic (exact) mass is 399 g/mol. The molecule has 0 bridgehead atoms. The number of carbonyl (C=O) groups is 2. The fourth-order valence-corrected chi connectivity index (χ4v) is 3.11. The number of carbonyl (C=O) groups excluding carboxylic acids is 2. The van der Waals surface area contributed by atoms with Gasteiger partial charge in [-0.15, -0.1) is 0 Å². The van der Waals surface area contributed by atoms with E-state index in [1.165, 1.54) is 12.4 Å². The molecule has 2 heterocycles. The van der Waals surface area contributed by atoms with Crippen LogP contribution in [0, 0.1) is 0 Å². The van der Waals surface area contributed by atoms with E-state index in [0.717, 1.165) is 5.56 Å². The van der Waals surface area contributed by atoms with E-state index >= 15 is 0 Å². The third kappa shape index (κ3) is 4.92. The van der Waals surface area contributed by atoms with Crippen LogP contribution in [0.15, 0.2) is 30.6 Å². The topological polar surface area (TPSA) is 96.9 Å². The van der Waals surface area contributed by atoms with Gasteiger partial charge in [-0.3, -0.25) is 9.59 Å². The normalized spacial score (nSPS) is 13.8. The summed E-state index contributed by atoms with van der Waals surface area (Å²) in [6.45, 7) is 4.16. The van der Waals surface area contributed by atoms with Crippen molar-refractivity contribution < 1.29 is 19.1 Å². The van der Waals surface area contributed by atoms with E-state index in [4.69, 9.17) is 9.47 Å². The lowest BCUT2D eigenvalue weighted by Gasteiger charge is -2.34. The molecule has 1 aromatic carbocycles. The van der Waals surface area contributed by atoms with E-state index in [1.54, 1.807) is 30.9 Å². The molecule has 1 aromatic heterocycles. The van der Waals surface area contributed by atoms with Gasteiger partial charge in [-0.2, -0.15) is 0 Å². The summed E-state index contributed by atoms with van der Waals surface area (Å²) >= 11 is 0. The molecule has 1 N–H and O–H groups in total. The van der Waals surface area contributed by atoms with Crippen LogP contribution in [0.1, 0.15) is 22.8 Å². The van der Waals surface area contributed by atoms with Gasteiger partial charge in [0, 0.05) is 52.0 Å². The van der Waals surface area contributed by atoms with E-state index in [-0.39, 0.29) is 11.8 Å². The fraction of sp³-hybridized carbons (Fsp3) is 0.400. The zero-order valence-electron chi connectivity index (χ0n) is 16.8. The lowest BCUT2D eigenvalue weighted by molar-refractivity contribution is -0.130. The van der Waals surface area contributed by atoms with Crippen LogP contribution in [0.3, 0.4) is 0 Å². The number of rotatable bonds is 6. The van der Waals surface area contributed by atoms with Gasteiger partial charge < -0.3 is 24.6 Å². The fourth-order valence-electron chi connectivity index (χ4n) is 3.11. The Bertz CT molecular complexity index is 864. The number of benzene rings is 1. The van der Waals surface area contributed by atoms with Gasteiger partial charge in [0.15, 0.2) is 11.5 Å². The maximum absolute atomic E-state index is 12.6. The molecule has 1 aliphatic heterocycles. The van der Waals surface area contributed by atoms with Gasteiger partial charge in [0.2, 0.25) is 11.9 Å². The molecule has 1 fully saturated rings. The minimum atomic E-state index is -0.125. The number of hydrogen-bond donors (Lipinski definition) is 1. The molecule has 0 spiro atoms. The molecule has 3 rings (SSSR count). The van der Waals surface area contributed by atoms with Crippen molar-refractivity contribution in [3.63, 3.8) is 0 Å². The molecular weight excluding hydrogens is 374 g/mol. The zero-order valence-corrected chi connectivity index (χ0v) is 16.8. The van der Waals surface area contributed by atoms with Crippen LogP contribution >= 0.6 is 0 Å². The Hall–Kier alpha value is -3.36. The number of hydrogen-bond acceptors (Lipinski definition) is 7. The van der Waals surface area contributed by atoms with Gasteiger partial charge in [0.25, 0.3) is 5.91 Å². The van der Waals surface area contributed by atoms with E-state index < -0.39 is 0 Å². The largest absolute Gasteiger partial charge is 0.493 e. The molecule has 1 aliphatic rings. The van der Waals surface area contributed by atoms with Gasteiger partial charge in [0.05, 0.1) is 19.8 Å². The van der Waals surface area contributed by atoms with Crippen LogP contribution in [-0.2, 0) is 11.3 Å². The molecule has 154 valence electrons. The first-order valence-electron chi connectivity index (χ1n) is 9.33. The highest BCUT2D eigenvalue weighted by atomic mass is 16.5. The predicted molar refractivity (Wildman–Crippen MR) is 107 cm³/mol. The van der Waals surface area contributed by atoms with Crippen molar-refractivity contribution in [1.29, 1.82) is 0 Å². The van der Waals surface area contributed by atoms with Gasteiger partial charge in [-0.05, 0) is 17.7 Å². The first-order valence-corrected chi connectivity index (χ1v) is 9.33. The maximum atomic E-state index is 12.6. The number of ether oxygens (including phenoxy) is 2. The number of piperazine rings is 1. The molecule has 9 nitrogen and oxygen atoms in total. The predicted octanol–water partition coefficient (Wildman–Crippen LogP) is 1.41. The number of nitrogens with one attached hydrogen (secondary N) is 1. The average molecular weight is 399 g/mol.